The molecule has 6 rings (SSSR count). The van der Waals surface area contributed by atoms with Gasteiger partial charge in [0.2, 0.25) is 0 Å². The van der Waals surface area contributed by atoms with Gasteiger partial charge in [-0.3, -0.25) is 4.68 Å². The summed E-state index contributed by atoms with van der Waals surface area (Å²) in [7, 11) is 3.44. The minimum Gasteiger partial charge on any atom is -0.382 e. The van der Waals surface area contributed by atoms with Gasteiger partial charge < -0.3 is 16.0 Å². The second-order valence-corrected chi connectivity index (χ2v) is 9.68. The van der Waals surface area contributed by atoms with Gasteiger partial charge in [0.05, 0.1) is 17.8 Å². The number of aromatic nitrogens is 5. The molecule has 0 aliphatic rings. The number of anilines is 1. The van der Waals surface area contributed by atoms with Crippen LogP contribution in [0, 0.1) is 0 Å². The van der Waals surface area contributed by atoms with Gasteiger partial charge in [0.15, 0.2) is 5.82 Å². The molecule has 39 heavy (non-hydrogen) atoms. The molecule has 0 radical (unpaired) electrons. The first-order valence-electron chi connectivity index (χ1n) is 12.6. The number of fused-ring (bicyclic) bond motifs is 2. The Labute approximate surface area is 225 Å². The maximum Gasteiger partial charge on any atom is 0.317 e. The summed E-state index contributed by atoms with van der Waals surface area (Å²) in [5.74, 6) is 0.406. The number of hydrogen-bond acceptors (Lipinski definition) is 5. The van der Waals surface area contributed by atoms with Crippen molar-refractivity contribution in [3.63, 3.8) is 0 Å². The second-order valence-electron chi connectivity index (χ2n) is 9.68. The summed E-state index contributed by atoms with van der Waals surface area (Å²) in [6, 6.07) is 26.5. The van der Waals surface area contributed by atoms with Crippen molar-refractivity contribution in [2.45, 2.75) is 13.1 Å². The number of benzene rings is 3. The summed E-state index contributed by atoms with van der Waals surface area (Å²) in [5.41, 5.74) is 14.0. The fourth-order valence-corrected chi connectivity index (χ4v) is 4.71. The van der Waals surface area contributed by atoms with Crippen molar-refractivity contribution in [2.75, 3.05) is 19.8 Å². The monoisotopic (exact) mass is 516 g/mol. The maximum absolute atomic E-state index is 11.9. The molecule has 6 aromatic rings. The van der Waals surface area contributed by atoms with Crippen LogP contribution in [0.1, 0.15) is 11.1 Å². The average Bonchev–Trinajstić information content (AvgIpc) is 3.54. The van der Waals surface area contributed by atoms with Crippen molar-refractivity contribution in [2.24, 2.45) is 0 Å². The Kier molecular flexibility index (Phi) is 6.16. The van der Waals surface area contributed by atoms with Gasteiger partial charge in [-0.1, -0.05) is 66.7 Å². The molecule has 0 bridgehead atoms. The Morgan fingerprint density at radius 3 is 2.49 bits per heavy atom. The van der Waals surface area contributed by atoms with Crippen LogP contribution in [0.3, 0.4) is 0 Å². The number of urea groups is 1. The first kappa shape index (κ1) is 24.2. The molecule has 0 fully saturated rings. The maximum atomic E-state index is 11.9. The molecular weight excluding hydrogens is 488 g/mol. The third-order valence-electron chi connectivity index (χ3n) is 6.74. The standard InChI is InChI=1S/C30H28N8O/c1-36(2)30(39)32-16-20-8-10-22(11-9-20)27-15-25(28-29(31)33-19-34-38(27)28)23-12-13-24-18-37(35-26(24)14-23)17-21-6-4-3-5-7-21/h3-15,18-19H,16-17H2,1-2H3,(H,32,39)(H2,31,33,34). The summed E-state index contributed by atoms with van der Waals surface area (Å²) >= 11 is 0. The molecule has 9 heteroatoms. The molecule has 0 saturated heterocycles. The predicted octanol–water partition coefficient (Wildman–Crippen LogP) is 4.81. The fraction of sp³-hybridized carbons (Fsp3) is 0.133. The molecule has 194 valence electrons. The molecule has 3 aromatic carbocycles. The highest BCUT2D eigenvalue weighted by atomic mass is 16.2. The molecule has 0 atom stereocenters. The van der Waals surface area contributed by atoms with Crippen LogP contribution in [-0.2, 0) is 13.1 Å². The van der Waals surface area contributed by atoms with Gasteiger partial charge in [-0.05, 0) is 28.8 Å². The van der Waals surface area contributed by atoms with E-state index in [1.54, 1.807) is 14.1 Å². The minimum atomic E-state index is -0.129. The van der Waals surface area contributed by atoms with E-state index in [-0.39, 0.29) is 6.03 Å². The number of hydrogen-bond donors (Lipinski definition) is 2. The van der Waals surface area contributed by atoms with E-state index >= 15 is 0 Å². The van der Waals surface area contributed by atoms with Gasteiger partial charge in [0.1, 0.15) is 11.8 Å². The third kappa shape index (κ3) is 4.77. The van der Waals surface area contributed by atoms with Crippen LogP contribution in [0.15, 0.2) is 91.4 Å². The van der Waals surface area contributed by atoms with Gasteiger partial charge in [-0.15, -0.1) is 0 Å². The van der Waals surface area contributed by atoms with Gasteiger partial charge in [-0.2, -0.15) is 10.2 Å². The molecule has 0 saturated carbocycles. The lowest BCUT2D eigenvalue weighted by atomic mass is 10.0. The van der Waals surface area contributed by atoms with E-state index < -0.39 is 0 Å². The lowest BCUT2D eigenvalue weighted by Crippen LogP contribution is -2.33. The van der Waals surface area contributed by atoms with E-state index in [0.717, 1.165) is 44.4 Å². The van der Waals surface area contributed by atoms with E-state index in [2.05, 4.69) is 58.0 Å². The number of nitrogen functional groups attached to an aromatic ring is 1. The lowest BCUT2D eigenvalue weighted by Gasteiger charge is -2.12. The van der Waals surface area contributed by atoms with Crippen LogP contribution < -0.4 is 11.1 Å². The van der Waals surface area contributed by atoms with Gasteiger partial charge in [0, 0.05) is 43.4 Å². The zero-order chi connectivity index (χ0) is 26.9. The van der Waals surface area contributed by atoms with Crippen molar-refractivity contribution in [1.82, 2.24) is 34.6 Å². The molecule has 0 aliphatic carbocycles. The Morgan fingerprint density at radius 2 is 1.72 bits per heavy atom. The molecular formula is C30H28N8O. The predicted molar refractivity (Wildman–Crippen MR) is 153 cm³/mol. The minimum absolute atomic E-state index is 0.129. The van der Waals surface area contributed by atoms with Crippen LogP contribution in [-0.4, -0.2) is 49.4 Å². The molecule has 3 heterocycles. The zero-order valence-corrected chi connectivity index (χ0v) is 21.7. The summed E-state index contributed by atoms with van der Waals surface area (Å²) in [5, 5.41) is 13.3. The number of amides is 2. The van der Waals surface area contributed by atoms with Crippen LogP contribution >= 0.6 is 0 Å². The number of rotatable bonds is 6. The van der Waals surface area contributed by atoms with E-state index in [1.165, 1.54) is 16.8 Å². The fourth-order valence-electron chi connectivity index (χ4n) is 4.71. The summed E-state index contributed by atoms with van der Waals surface area (Å²) in [4.78, 5) is 17.6. The smallest absolute Gasteiger partial charge is 0.317 e. The lowest BCUT2D eigenvalue weighted by molar-refractivity contribution is 0.217. The van der Waals surface area contributed by atoms with Crippen molar-refractivity contribution in [3.05, 3.63) is 103 Å². The Hall–Kier alpha value is -5.18. The molecule has 2 amide bonds. The Bertz CT molecular complexity index is 1790. The number of carbonyl (C=O) groups excluding carboxylic acids is 1. The quantitative estimate of drug-likeness (QED) is 0.330. The highest BCUT2D eigenvalue weighted by Gasteiger charge is 2.17. The number of nitrogens with one attached hydrogen (secondary N) is 1. The first-order valence-corrected chi connectivity index (χ1v) is 12.6. The van der Waals surface area contributed by atoms with Gasteiger partial charge in [-0.25, -0.2) is 14.3 Å². The van der Waals surface area contributed by atoms with E-state index in [4.69, 9.17) is 10.8 Å². The van der Waals surface area contributed by atoms with Crippen LogP contribution in [0.25, 0.3) is 38.8 Å². The zero-order valence-electron chi connectivity index (χ0n) is 21.7. The second kappa shape index (κ2) is 9.94. The van der Waals surface area contributed by atoms with Crippen LogP contribution in [0.2, 0.25) is 0 Å². The number of nitrogens with zero attached hydrogens (tertiary/aromatic N) is 6. The van der Waals surface area contributed by atoms with E-state index in [0.29, 0.717) is 18.9 Å². The Morgan fingerprint density at radius 1 is 0.949 bits per heavy atom. The molecule has 3 N–H and O–H groups in total. The van der Waals surface area contributed by atoms with Gasteiger partial charge >= 0.3 is 6.03 Å². The van der Waals surface area contributed by atoms with E-state index in [1.807, 2.05) is 51.7 Å². The van der Waals surface area contributed by atoms with Crippen molar-refractivity contribution in [1.29, 1.82) is 0 Å². The van der Waals surface area contributed by atoms with Crippen molar-refractivity contribution in [3.8, 4) is 22.4 Å². The summed E-state index contributed by atoms with van der Waals surface area (Å²) < 4.78 is 3.80. The molecule has 0 spiro atoms. The molecule has 9 nitrogen and oxygen atoms in total. The van der Waals surface area contributed by atoms with Gasteiger partial charge in [0.25, 0.3) is 0 Å². The average molecular weight is 517 g/mol. The topological polar surface area (TPSA) is 106 Å². The SMILES string of the molecule is CN(C)C(=O)NCc1ccc(-c2cc(-c3ccc4cn(Cc5ccccc5)nc4c3)c3c(N)ncnn23)cc1. The van der Waals surface area contributed by atoms with Crippen molar-refractivity contribution < 1.29 is 4.79 Å². The summed E-state index contributed by atoms with van der Waals surface area (Å²) in [6.07, 6.45) is 3.53. The number of carbonyl (C=O) groups is 1. The third-order valence-corrected chi connectivity index (χ3v) is 6.74. The largest absolute Gasteiger partial charge is 0.382 e. The van der Waals surface area contributed by atoms with E-state index in [9.17, 15) is 4.79 Å². The molecule has 3 aromatic heterocycles. The molecule has 0 unspecified atom stereocenters. The van der Waals surface area contributed by atoms with Crippen molar-refractivity contribution >= 4 is 28.3 Å². The normalized spacial score (nSPS) is 11.2. The highest BCUT2D eigenvalue weighted by molar-refractivity contribution is 5.95. The highest BCUT2D eigenvalue weighted by Crippen LogP contribution is 2.35. The number of nitrogens with two attached hydrogens (primary N) is 1. The van der Waals surface area contributed by atoms with Crippen LogP contribution in [0.5, 0.6) is 0 Å². The Balaban J connectivity index is 1.35. The van der Waals surface area contributed by atoms with Crippen LogP contribution in [0.4, 0.5) is 10.6 Å². The first-order chi connectivity index (χ1) is 19.0. The summed E-state index contributed by atoms with van der Waals surface area (Å²) in [6.45, 7) is 1.16. The molecule has 0 aliphatic heterocycles.